The predicted molar refractivity (Wildman–Crippen MR) is 68.7 cm³/mol. The number of benzene rings is 1. The van der Waals surface area contributed by atoms with Gasteiger partial charge in [0.05, 0.1) is 0 Å². The Bertz CT molecular complexity index is 492. The van der Waals surface area contributed by atoms with Crippen molar-refractivity contribution in [2.75, 3.05) is 13.1 Å². The average Bonchev–Trinajstić information content (AvgIpc) is 2.68. The molecule has 2 aromatic rings. The molecule has 92 valence electrons. The highest BCUT2D eigenvalue weighted by Gasteiger charge is 2.03. The highest BCUT2D eigenvalue weighted by atomic mass is 16.3. The van der Waals surface area contributed by atoms with E-state index < -0.39 is 0 Å². The van der Waals surface area contributed by atoms with Crippen molar-refractivity contribution in [1.82, 2.24) is 10.3 Å². The van der Waals surface area contributed by atoms with Crippen molar-refractivity contribution in [3.63, 3.8) is 0 Å². The Hall–Kier alpha value is -1.39. The van der Waals surface area contributed by atoms with Crippen LogP contribution in [-0.4, -0.2) is 18.1 Å². The topological polar surface area (TPSA) is 64.1 Å². The zero-order chi connectivity index (χ0) is 12.3. The summed E-state index contributed by atoms with van der Waals surface area (Å²) < 4.78 is 5.43. The molecule has 1 heterocycles. The molecule has 17 heavy (non-hydrogen) atoms. The Morgan fingerprint density at radius 1 is 1.47 bits per heavy atom. The van der Waals surface area contributed by atoms with Crippen molar-refractivity contribution in [1.29, 1.82) is 0 Å². The van der Waals surface area contributed by atoms with Gasteiger partial charge in [-0.25, -0.2) is 4.98 Å². The zero-order valence-electron chi connectivity index (χ0n) is 10.4. The summed E-state index contributed by atoms with van der Waals surface area (Å²) in [7, 11) is 0. The number of aryl methyl sites for hydroxylation is 1. The summed E-state index contributed by atoms with van der Waals surface area (Å²) in [5, 5.41) is 3.39. The first-order chi connectivity index (χ1) is 8.19. The van der Waals surface area contributed by atoms with Crippen LogP contribution in [0.3, 0.4) is 0 Å². The summed E-state index contributed by atoms with van der Waals surface area (Å²) in [5.74, 6) is 1.22. The fourth-order valence-corrected chi connectivity index (χ4v) is 1.74. The van der Waals surface area contributed by atoms with E-state index in [-0.39, 0.29) is 0 Å². The summed E-state index contributed by atoms with van der Waals surface area (Å²) >= 11 is 0. The van der Waals surface area contributed by atoms with Gasteiger partial charge in [0.2, 0.25) is 0 Å². The fourth-order valence-electron chi connectivity index (χ4n) is 1.74. The highest BCUT2D eigenvalue weighted by molar-refractivity contribution is 5.73. The molecule has 3 N–H and O–H groups in total. The van der Waals surface area contributed by atoms with Gasteiger partial charge in [-0.3, -0.25) is 0 Å². The molecule has 4 heteroatoms. The minimum atomic E-state index is 0.507. The van der Waals surface area contributed by atoms with E-state index in [0.29, 0.717) is 18.4 Å². The van der Waals surface area contributed by atoms with Gasteiger partial charge in [0.1, 0.15) is 5.52 Å². The van der Waals surface area contributed by atoms with E-state index in [2.05, 4.69) is 29.4 Å². The van der Waals surface area contributed by atoms with Gasteiger partial charge in [0, 0.05) is 13.5 Å². The second-order valence-electron chi connectivity index (χ2n) is 4.51. The Morgan fingerprint density at radius 3 is 3.06 bits per heavy atom. The summed E-state index contributed by atoms with van der Waals surface area (Å²) in [6.07, 6.45) is 0. The van der Waals surface area contributed by atoms with Crippen molar-refractivity contribution in [3.05, 3.63) is 29.7 Å². The zero-order valence-corrected chi connectivity index (χ0v) is 10.4. The molecule has 0 fully saturated rings. The standard InChI is InChI=1S/C13H19N3O/c1-9(6-14)7-15-8-11-3-4-13-12(5-11)16-10(2)17-13/h3-5,9,15H,6-8,14H2,1-2H3. The van der Waals surface area contributed by atoms with E-state index in [1.54, 1.807) is 0 Å². The van der Waals surface area contributed by atoms with Crippen molar-refractivity contribution >= 4 is 11.1 Å². The first-order valence-electron chi connectivity index (χ1n) is 5.96. The number of fused-ring (bicyclic) bond motifs is 1. The maximum absolute atomic E-state index is 5.57. The summed E-state index contributed by atoms with van der Waals surface area (Å²) in [4.78, 5) is 4.32. The Morgan fingerprint density at radius 2 is 2.29 bits per heavy atom. The van der Waals surface area contributed by atoms with Crippen molar-refractivity contribution < 1.29 is 4.42 Å². The molecule has 1 unspecified atom stereocenters. The smallest absolute Gasteiger partial charge is 0.192 e. The van der Waals surface area contributed by atoms with Gasteiger partial charge in [0.25, 0.3) is 0 Å². The number of nitrogens with one attached hydrogen (secondary N) is 1. The van der Waals surface area contributed by atoms with E-state index >= 15 is 0 Å². The third kappa shape index (κ3) is 3.05. The van der Waals surface area contributed by atoms with Gasteiger partial charge in [-0.15, -0.1) is 0 Å². The fraction of sp³-hybridized carbons (Fsp3) is 0.462. The molecule has 0 aliphatic rings. The molecule has 0 radical (unpaired) electrons. The normalized spacial score (nSPS) is 13.1. The van der Waals surface area contributed by atoms with Crippen molar-refractivity contribution in [2.45, 2.75) is 20.4 Å². The first-order valence-corrected chi connectivity index (χ1v) is 5.96. The number of nitrogens with zero attached hydrogens (tertiary/aromatic N) is 1. The maximum Gasteiger partial charge on any atom is 0.192 e. The Kier molecular flexibility index (Phi) is 3.76. The van der Waals surface area contributed by atoms with Crippen LogP contribution in [-0.2, 0) is 6.54 Å². The van der Waals surface area contributed by atoms with Gasteiger partial charge in [-0.05, 0) is 36.7 Å². The number of nitrogens with two attached hydrogens (primary N) is 1. The van der Waals surface area contributed by atoms with E-state index in [0.717, 1.165) is 24.2 Å². The molecule has 1 aromatic heterocycles. The monoisotopic (exact) mass is 233 g/mol. The van der Waals surface area contributed by atoms with Crippen LogP contribution >= 0.6 is 0 Å². The van der Waals surface area contributed by atoms with E-state index in [1.807, 2.05) is 13.0 Å². The summed E-state index contributed by atoms with van der Waals surface area (Å²) in [6.45, 7) is 6.49. The maximum atomic E-state index is 5.57. The van der Waals surface area contributed by atoms with Crippen molar-refractivity contribution in [2.24, 2.45) is 11.7 Å². The highest BCUT2D eigenvalue weighted by Crippen LogP contribution is 2.16. The molecule has 0 amide bonds. The van der Waals surface area contributed by atoms with Crippen LogP contribution in [0.15, 0.2) is 22.6 Å². The molecule has 0 spiro atoms. The third-order valence-corrected chi connectivity index (χ3v) is 2.78. The van der Waals surface area contributed by atoms with E-state index in [1.165, 1.54) is 5.56 Å². The van der Waals surface area contributed by atoms with Crippen LogP contribution in [0, 0.1) is 12.8 Å². The van der Waals surface area contributed by atoms with E-state index in [4.69, 9.17) is 10.2 Å². The number of oxazole rings is 1. The van der Waals surface area contributed by atoms with Crippen LogP contribution in [0.25, 0.3) is 11.1 Å². The molecule has 4 nitrogen and oxygen atoms in total. The molecule has 1 atom stereocenters. The molecule has 0 saturated heterocycles. The lowest BCUT2D eigenvalue weighted by Gasteiger charge is -2.09. The molecule has 2 rings (SSSR count). The van der Waals surface area contributed by atoms with Gasteiger partial charge in [-0.2, -0.15) is 0 Å². The molecule has 0 saturated carbocycles. The second-order valence-corrected chi connectivity index (χ2v) is 4.51. The summed E-state index contributed by atoms with van der Waals surface area (Å²) in [5.41, 5.74) is 8.56. The number of hydrogen-bond acceptors (Lipinski definition) is 4. The van der Waals surface area contributed by atoms with Gasteiger partial charge >= 0.3 is 0 Å². The lowest BCUT2D eigenvalue weighted by molar-refractivity contribution is 0.522. The molecule has 1 aromatic carbocycles. The Labute approximate surface area is 101 Å². The van der Waals surface area contributed by atoms with Crippen LogP contribution in [0.5, 0.6) is 0 Å². The molecular formula is C13H19N3O. The minimum Gasteiger partial charge on any atom is -0.441 e. The number of hydrogen-bond donors (Lipinski definition) is 2. The average molecular weight is 233 g/mol. The largest absolute Gasteiger partial charge is 0.441 e. The lowest BCUT2D eigenvalue weighted by Crippen LogP contribution is -2.25. The molecule has 0 aliphatic carbocycles. The predicted octanol–water partition coefficient (Wildman–Crippen LogP) is 1.82. The molecule has 0 bridgehead atoms. The first kappa shape index (κ1) is 12.1. The minimum absolute atomic E-state index is 0.507. The van der Waals surface area contributed by atoms with Crippen molar-refractivity contribution in [3.8, 4) is 0 Å². The molecular weight excluding hydrogens is 214 g/mol. The van der Waals surface area contributed by atoms with Crippen LogP contribution in [0.4, 0.5) is 0 Å². The second kappa shape index (κ2) is 5.29. The third-order valence-electron chi connectivity index (χ3n) is 2.78. The van der Waals surface area contributed by atoms with Crippen LogP contribution in [0.2, 0.25) is 0 Å². The number of aromatic nitrogens is 1. The lowest BCUT2D eigenvalue weighted by atomic mass is 10.1. The SMILES string of the molecule is Cc1nc2cc(CNCC(C)CN)ccc2o1. The summed E-state index contributed by atoms with van der Waals surface area (Å²) in [6, 6.07) is 6.09. The van der Waals surface area contributed by atoms with Gasteiger partial charge in [-0.1, -0.05) is 13.0 Å². The van der Waals surface area contributed by atoms with Gasteiger partial charge < -0.3 is 15.5 Å². The van der Waals surface area contributed by atoms with Crippen LogP contribution < -0.4 is 11.1 Å². The van der Waals surface area contributed by atoms with Gasteiger partial charge in [0.15, 0.2) is 11.5 Å². The van der Waals surface area contributed by atoms with E-state index in [9.17, 15) is 0 Å². The molecule has 0 aliphatic heterocycles. The van der Waals surface area contributed by atoms with Crippen LogP contribution in [0.1, 0.15) is 18.4 Å². The number of rotatable bonds is 5. The quantitative estimate of drug-likeness (QED) is 0.827. The Balaban J connectivity index is 1.99.